The van der Waals surface area contributed by atoms with E-state index in [0.29, 0.717) is 22.5 Å². The van der Waals surface area contributed by atoms with Gasteiger partial charge in [0.2, 0.25) is 0 Å². The Labute approximate surface area is 189 Å². The molecule has 2 heterocycles. The molecule has 0 radical (unpaired) electrons. The number of halogens is 4. The summed E-state index contributed by atoms with van der Waals surface area (Å²) in [6, 6.07) is 7.55. The Morgan fingerprint density at radius 1 is 1.06 bits per heavy atom. The van der Waals surface area contributed by atoms with Crippen molar-refractivity contribution in [2.75, 3.05) is 5.32 Å². The van der Waals surface area contributed by atoms with Crippen molar-refractivity contribution < 1.29 is 13.5 Å². The lowest BCUT2D eigenvalue weighted by molar-refractivity contribution is 0.100. The van der Waals surface area contributed by atoms with Gasteiger partial charge in [-0.3, -0.25) is 0 Å². The molecule has 0 atom stereocenters. The normalized spacial score (nSPS) is 11.5. The molecule has 0 amide bonds. The number of hydrogen-bond donors (Lipinski definition) is 1. The third-order valence-corrected chi connectivity index (χ3v) is 5.23. The van der Waals surface area contributed by atoms with Crippen LogP contribution in [0.5, 0.6) is 5.75 Å². The summed E-state index contributed by atoms with van der Waals surface area (Å²) < 4.78 is 35.0. The fourth-order valence-corrected chi connectivity index (χ4v) is 3.57. The lowest BCUT2D eigenvalue weighted by atomic mass is 10.1. The topological polar surface area (TPSA) is 72.8 Å². The van der Waals surface area contributed by atoms with Gasteiger partial charge in [-0.25, -0.2) is 28.7 Å². The van der Waals surface area contributed by atoms with E-state index >= 15 is 0 Å². The number of hydrogen-bond acceptors (Lipinski definition) is 6. The van der Waals surface area contributed by atoms with E-state index in [0.717, 1.165) is 10.5 Å². The van der Waals surface area contributed by atoms with Crippen LogP contribution >= 0.6 is 27.5 Å². The Kier molecular flexibility index (Phi) is 5.72. The molecule has 31 heavy (non-hydrogen) atoms. The molecule has 2 aromatic carbocycles. The highest BCUT2D eigenvalue weighted by molar-refractivity contribution is 9.10. The lowest BCUT2D eigenvalue weighted by Gasteiger charge is -2.26. The van der Waals surface area contributed by atoms with E-state index in [9.17, 15) is 8.78 Å². The van der Waals surface area contributed by atoms with Crippen LogP contribution in [0.3, 0.4) is 0 Å². The molecule has 2 aromatic heterocycles. The molecule has 6 nitrogen and oxygen atoms in total. The highest BCUT2D eigenvalue weighted by Gasteiger charge is 2.28. The van der Waals surface area contributed by atoms with E-state index in [4.69, 9.17) is 16.3 Å². The summed E-state index contributed by atoms with van der Waals surface area (Å²) >= 11 is 9.16. The molecule has 0 fully saturated rings. The fourth-order valence-electron chi connectivity index (χ4n) is 2.98. The number of aromatic nitrogens is 4. The second-order valence-corrected chi connectivity index (χ2v) is 8.35. The van der Waals surface area contributed by atoms with E-state index in [-0.39, 0.29) is 11.5 Å². The minimum atomic E-state index is -0.925. The summed E-state index contributed by atoms with van der Waals surface area (Å²) in [7, 11) is 0. The van der Waals surface area contributed by atoms with Crippen molar-refractivity contribution in [3.8, 4) is 5.75 Å². The zero-order valence-corrected chi connectivity index (χ0v) is 18.7. The quantitative estimate of drug-likeness (QED) is 0.326. The van der Waals surface area contributed by atoms with Crippen molar-refractivity contribution in [1.29, 1.82) is 0 Å². The van der Waals surface area contributed by atoms with Crippen molar-refractivity contribution >= 4 is 49.9 Å². The standard InChI is InChI=1S/C21H15BrClF2N5O/c1-21(2,20-26-6-3-7-27-20)31-15-9-11(22)8-14-16(15)19(29-10-28-14)30-13-5-4-12(24)17(23)18(13)25/h3-10H,1-2H3,(H,28,29,30). The Balaban J connectivity index is 1.83. The Hall–Kier alpha value is -2.91. The lowest BCUT2D eigenvalue weighted by Crippen LogP contribution is -2.28. The van der Waals surface area contributed by atoms with Crippen LogP contribution in [0.15, 0.2) is 53.5 Å². The Morgan fingerprint density at radius 2 is 1.81 bits per heavy atom. The van der Waals surface area contributed by atoms with Gasteiger partial charge in [0.1, 0.15) is 28.7 Å². The molecule has 10 heteroatoms. The molecule has 0 spiro atoms. The number of nitrogens with zero attached hydrogens (tertiary/aromatic N) is 4. The summed E-state index contributed by atoms with van der Waals surface area (Å²) in [6.07, 6.45) is 4.59. The van der Waals surface area contributed by atoms with Crippen LogP contribution in [0.25, 0.3) is 10.9 Å². The number of benzene rings is 2. The van der Waals surface area contributed by atoms with Gasteiger partial charge in [0, 0.05) is 16.9 Å². The van der Waals surface area contributed by atoms with Gasteiger partial charge in [0.15, 0.2) is 17.2 Å². The number of nitrogens with one attached hydrogen (secondary N) is 1. The first-order valence-electron chi connectivity index (χ1n) is 9.07. The second-order valence-electron chi connectivity index (χ2n) is 7.05. The van der Waals surface area contributed by atoms with Crippen LogP contribution in [0.1, 0.15) is 19.7 Å². The SMILES string of the molecule is CC(C)(Oc1cc(Br)cc2ncnc(Nc3ccc(F)c(Cl)c3F)c12)c1ncccn1. The molecule has 0 unspecified atom stereocenters. The van der Waals surface area contributed by atoms with Crippen LogP contribution in [0.4, 0.5) is 20.3 Å². The molecule has 1 N–H and O–H groups in total. The van der Waals surface area contributed by atoms with E-state index in [1.54, 1.807) is 30.6 Å². The van der Waals surface area contributed by atoms with Crippen molar-refractivity contribution in [2.45, 2.75) is 19.4 Å². The van der Waals surface area contributed by atoms with Crippen molar-refractivity contribution in [2.24, 2.45) is 0 Å². The molecule has 0 saturated carbocycles. The highest BCUT2D eigenvalue weighted by Crippen LogP contribution is 2.38. The van der Waals surface area contributed by atoms with Crippen molar-refractivity contribution in [3.05, 3.63) is 76.0 Å². The number of fused-ring (bicyclic) bond motifs is 1. The van der Waals surface area contributed by atoms with E-state index < -0.39 is 22.3 Å². The largest absolute Gasteiger partial charge is 0.479 e. The first-order chi connectivity index (χ1) is 14.8. The summed E-state index contributed by atoms with van der Waals surface area (Å²) in [5.41, 5.74) is -0.391. The highest BCUT2D eigenvalue weighted by atomic mass is 79.9. The molecular formula is C21H15BrClF2N5O. The summed E-state index contributed by atoms with van der Waals surface area (Å²) in [5.74, 6) is -0.621. The average molecular weight is 507 g/mol. The molecule has 4 rings (SSSR count). The fraction of sp³-hybridized carbons (Fsp3) is 0.143. The average Bonchev–Trinajstić information content (AvgIpc) is 2.74. The molecule has 4 aromatic rings. The number of anilines is 2. The van der Waals surface area contributed by atoms with Crippen molar-refractivity contribution in [3.63, 3.8) is 0 Å². The van der Waals surface area contributed by atoms with Crippen LogP contribution in [-0.4, -0.2) is 19.9 Å². The molecule has 0 aliphatic rings. The van der Waals surface area contributed by atoms with Gasteiger partial charge in [-0.2, -0.15) is 0 Å². The van der Waals surface area contributed by atoms with Gasteiger partial charge in [-0.15, -0.1) is 0 Å². The maximum absolute atomic E-state index is 14.5. The molecule has 158 valence electrons. The van der Waals surface area contributed by atoms with Gasteiger partial charge in [-0.1, -0.05) is 27.5 Å². The van der Waals surface area contributed by atoms with Crippen LogP contribution in [-0.2, 0) is 5.60 Å². The first kappa shape index (κ1) is 21.3. The predicted octanol–water partition coefficient (Wildman–Crippen LogP) is 6.17. The number of rotatable bonds is 5. The smallest absolute Gasteiger partial charge is 0.171 e. The van der Waals surface area contributed by atoms with Gasteiger partial charge in [-0.05, 0) is 44.2 Å². The third-order valence-electron chi connectivity index (χ3n) is 4.42. The van der Waals surface area contributed by atoms with Crippen LogP contribution < -0.4 is 10.1 Å². The zero-order chi connectivity index (χ0) is 22.2. The molecule has 0 saturated heterocycles. The van der Waals surface area contributed by atoms with Gasteiger partial charge < -0.3 is 10.1 Å². The molecule has 0 aliphatic carbocycles. The number of ether oxygens (including phenoxy) is 1. The maximum Gasteiger partial charge on any atom is 0.171 e. The van der Waals surface area contributed by atoms with Gasteiger partial charge in [0.05, 0.1) is 16.6 Å². The summed E-state index contributed by atoms with van der Waals surface area (Å²) in [6.45, 7) is 3.65. The van der Waals surface area contributed by atoms with Crippen molar-refractivity contribution in [1.82, 2.24) is 19.9 Å². The molecule has 0 bridgehead atoms. The Bertz CT molecular complexity index is 1270. The van der Waals surface area contributed by atoms with E-state index in [1.807, 2.05) is 13.8 Å². The van der Waals surface area contributed by atoms with E-state index in [2.05, 4.69) is 41.2 Å². The Morgan fingerprint density at radius 3 is 2.55 bits per heavy atom. The van der Waals surface area contributed by atoms with Crippen LogP contribution in [0.2, 0.25) is 5.02 Å². The summed E-state index contributed by atoms with van der Waals surface area (Å²) in [5, 5.41) is 2.75. The maximum atomic E-state index is 14.5. The van der Waals surface area contributed by atoms with E-state index in [1.165, 1.54) is 12.4 Å². The molecular weight excluding hydrogens is 492 g/mol. The van der Waals surface area contributed by atoms with Gasteiger partial charge in [0.25, 0.3) is 0 Å². The molecule has 0 aliphatic heterocycles. The summed E-state index contributed by atoms with van der Waals surface area (Å²) in [4.78, 5) is 17.1. The minimum absolute atomic E-state index is 0.0362. The first-order valence-corrected chi connectivity index (χ1v) is 10.2. The van der Waals surface area contributed by atoms with Crippen LogP contribution in [0, 0.1) is 11.6 Å². The minimum Gasteiger partial charge on any atom is -0.479 e. The zero-order valence-electron chi connectivity index (χ0n) is 16.3. The third kappa shape index (κ3) is 4.28. The predicted molar refractivity (Wildman–Crippen MR) is 118 cm³/mol. The second kappa shape index (κ2) is 8.32. The van der Waals surface area contributed by atoms with Gasteiger partial charge >= 0.3 is 0 Å². The monoisotopic (exact) mass is 505 g/mol.